The van der Waals surface area contributed by atoms with E-state index in [0.29, 0.717) is 6.54 Å². The summed E-state index contributed by atoms with van der Waals surface area (Å²) in [7, 11) is 1.47. The molecule has 0 bridgehead atoms. The van der Waals surface area contributed by atoms with Crippen LogP contribution in [-0.2, 0) is 14.3 Å². The Morgan fingerprint density at radius 2 is 2.00 bits per heavy atom. The highest BCUT2D eigenvalue weighted by Gasteiger charge is 2.49. The van der Waals surface area contributed by atoms with Crippen molar-refractivity contribution in [2.45, 2.75) is 44.2 Å². The van der Waals surface area contributed by atoms with Gasteiger partial charge in [0.2, 0.25) is 11.8 Å². The van der Waals surface area contributed by atoms with Gasteiger partial charge in [-0.1, -0.05) is 30.3 Å². The molecule has 27 heavy (non-hydrogen) atoms. The van der Waals surface area contributed by atoms with Gasteiger partial charge in [-0.2, -0.15) is 0 Å². The minimum atomic E-state index is -0.261. The number of aliphatic hydroxyl groups excluding tert-OH is 1. The predicted octanol–water partition coefficient (Wildman–Crippen LogP) is 1.69. The molecule has 1 aromatic rings. The molecule has 0 unspecified atom stereocenters. The van der Waals surface area contributed by atoms with Crippen molar-refractivity contribution in [2.24, 2.45) is 0 Å². The Hall–Kier alpha value is -2.18. The molecule has 0 spiro atoms. The molecule has 2 aliphatic rings. The first kappa shape index (κ1) is 19.6. The van der Waals surface area contributed by atoms with Crippen LogP contribution in [0.4, 0.5) is 0 Å². The summed E-state index contributed by atoms with van der Waals surface area (Å²) in [6.07, 6.45) is 5.76. The first-order valence-corrected chi connectivity index (χ1v) is 9.51. The largest absolute Gasteiger partial charge is 0.394 e. The van der Waals surface area contributed by atoms with Gasteiger partial charge in [0.1, 0.15) is 6.61 Å². The number of carbonyl (C=O) groups excluding carboxylic acids is 2. The lowest BCUT2D eigenvalue weighted by molar-refractivity contribution is -0.148. The Labute approximate surface area is 160 Å². The van der Waals surface area contributed by atoms with E-state index in [9.17, 15) is 14.7 Å². The van der Waals surface area contributed by atoms with Crippen molar-refractivity contribution >= 4 is 17.4 Å². The van der Waals surface area contributed by atoms with Gasteiger partial charge in [0, 0.05) is 26.5 Å². The molecular formula is C21H28N2O4. The topological polar surface area (TPSA) is 78.9 Å². The van der Waals surface area contributed by atoms with E-state index in [2.05, 4.69) is 35.7 Å². The molecule has 0 radical (unpaired) electrons. The molecule has 1 aromatic carbocycles. The second-order valence-electron chi connectivity index (χ2n) is 7.25. The van der Waals surface area contributed by atoms with Gasteiger partial charge < -0.3 is 20.1 Å². The molecule has 0 aromatic heterocycles. The van der Waals surface area contributed by atoms with Crippen molar-refractivity contribution in [3.63, 3.8) is 0 Å². The van der Waals surface area contributed by atoms with Crippen LogP contribution in [0, 0.1) is 0 Å². The number of likely N-dealkylation sites (tertiary alicyclic amines) is 1. The van der Waals surface area contributed by atoms with Gasteiger partial charge in [0.15, 0.2) is 0 Å². The Morgan fingerprint density at radius 3 is 2.56 bits per heavy atom. The highest BCUT2D eigenvalue weighted by Crippen LogP contribution is 2.41. The number of carbonyl (C=O) groups is 2. The maximum absolute atomic E-state index is 12.1. The first-order valence-electron chi connectivity index (χ1n) is 9.51. The minimum Gasteiger partial charge on any atom is -0.394 e. The zero-order valence-electron chi connectivity index (χ0n) is 16.0. The fraction of sp³-hybridized carbons (Fsp3) is 0.524. The fourth-order valence-electron chi connectivity index (χ4n) is 4.34. The van der Waals surface area contributed by atoms with Crippen LogP contribution in [-0.4, -0.2) is 60.8 Å². The van der Waals surface area contributed by atoms with E-state index >= 15 is 0 Å². The van der Waals surface area contributed by atoms with Crippen molar-refractivity contribution in [2.75, 3.05) is 26.9 Å². The lowest BCUT2D eigenvalue weighted by Gasteiger charge is -2.54. The summed E-state index contributed by atoms with van der Waals surface area (Å²) < 4.78 is 4.84. The predicted molar refractivity (Wildman–Crippen MR) is 103 cm³/mol. The van der Waals surface area contributed by atoms with Crippen LogP contribution in [0.15, 0.2) is 30.3 Å². The van der Waals surface area contributed by atoms with E-state index < -0.39 is 0 Å². The molecule has 1 aliphatic heterocycles. The third kappa shape index (κ3) is 4.06. The van der Waals surface area contributed by atoms with Crippen molar-refractivity contribution in [3.8, 4) is 0 Å². The molecule has 1 heterocycles. The Bertz CT molecular complexity index is 713. The molecule has 3 atom stereocenters. The lowest BCUT2D eigenvalue weighted by atomic mass is 9.74. The molecule has 6 heteroatoms. The van der Waals surface area contributed by atoms with Gasteiger partial charge in [0.05, 0.1) is 18.7 Å². The number of hydrogen-bond acceptors (Lipinski definition) is 4. The maximum Gasteiger partial charge on any atom is 0.246 e. The number of ether oxygens (including phenoxy) is 1. The van der Waals surface area contributed by atoms with Crippen LogP contribution >= 0.6 is 0 Å². The van der Waals surface area contributed by atoms with Crippen molar-refractivity contribution in [3.05, 3.63) is 41.5 Å². The Balaban J connectivity index is 1.77. The van der Waals surface area contributed by atoms with Crippen molar-refractivity contribution < 1.29 is 19.4 Å². The van der Waals surface area contributed by atoms with Crippen LogP contribution in [0.5, 0.6) is 0 Å². The molecule has 146 valence electrons. The zero-order valence-corrected chi connectivity index (χ0v) is 16.0. The first-order chi connectivity index (χ1) is 13.1. The molecule has 3 rings (SSSR count). The van der Waals surface area contributed by atoms with Crippen LogP contribution in [0.3, 0.4) is 0 Å². The summed E-state index contributed by atoms with van der Waals surface area (Å²) in [5, 5.41) is 12.7. The van der Waals surface area contributed by atoms with E-state index in [1.165, 1.54) is 31.6 Å². The Morgan fingerprint density at radius 1 is 1.26 bits per heavy atom. The normalized spacial score (nSPS) is 24.3. The number of nitrogens with one attached hydrogen (secondary N) is 1. The number of amides is 2. The quantitative estimate of drug-likeness (QED) is 0.763. The highest BCUT2D eigenvalue weighted by atomic mass is 16.5. The molecule has 6 nitrogen and oxygen atoms in total. The van der Waals surface area contributed by atoms with Gasteiger partial charge in [-0.15, -0.1) is 0 Å². The molecular weight excluding hydrogens is 344 g/mol. The van der Waals surface area contributed by atoms with E-state index in [0.717, 1.165) is 18.4 Å². The molecule has 0 saturated carbocycles. The number of nitrogens with zero attached hydrogens (tertiary/aromatic N) is 1. The Kier molecular flexibility index (Phi) is 6.29. The second-order valence-corrected chi connectivity index (χ2v) is 7.25. The second kappa shape index (κ2) is 8.67. The van der Waals surface area contributed by atoms with Crippen LogP contribution in [0.1, 0.15) is 43.2 Å². The summed E-state index contributed by atoms with van der Waals surface area (Å²) >= 11 is 0. The fourth-order valence-corrected chi connectivity index (χ4v) is 4.34. The number of rotatable bonds is 7. The highest BCUT2D eigenvalue weighted by molar-refractivity contribution is 5.78. The third-order valence-corrected chi connectivity index (χ3v) is 5.59. The van der Waals surface area contributed by atoms with Gasteiger partial charge >= 0.3 is 0 Å². The van der Waals surface area contributed by atoms with E-state index in [1.54, 1.807) is 4.90 Å². The number of methoxy groups -OCH3 is 1. The van der Waals surface area contributed by atoms with Gasteiger partial charge in [-0.3, -0.25) is 9.59 Å². The third-order valence-electron chi connectivity index (χ3n) is 5.59. The molecule has 2 N–H and O–H groups in total. The summed E-state index contributed by atoms with van der Waals surface area (Å²) in [5.74, 6) is -0.312. The molecule has 2 amide bonds. The summed E-state index contributed by atoms with van der Waals surface area (Å²) in [5.41, 5.74) is 3.71. The SMILES string of the molecule is COCC(=O)NC[C@@H]1[C@@H](c2ccc(C3=CCCC3)cc2)[C@H](CO)N1C(C)=O. The summed E-state index contributed by atoms with van der Waals surface area (Å²) in [4.78, 5) is 25.5. The number of allylic oxidation sites excluding steroid dienone is 2. The zero-order chi connectivity index (χ0) is 19.4. The van der Waals surface area contributed by atoms with Crippen LogP contribution in [0.25, 0.3) is 5.57 Å². The molecule has 1 fully saturated rings. The summed E-state index contributed by atoms with van der Waals surface area (Å²) in [6.45, 7) is 1.73. The number of aliphatic hydroxyl groups is 1. The van der Waals surface area contributed by atoms with Crippen molar-refractivity contribution in [1.82, 2.24) is 10.2 Å². The van der Waals surface area contributed by atoms with Crippen molar-refractivity contribution in [1.29, 1.82) is 0 Å². The monoisotopic (exact) mass is 372 g/mol. The van der Waals surface area contributed by atoms with E-state index in [4.69, 9.17) is 4.74 Å². The average molecular weight is 372 g/mol. The standard InChI is InChI=1S/C21H28N2O4/c1-14(25)23-18(11-22-20(26)13-27-2)21(19(23)12-24)17-9-7-16(8-10-17)15-5-3-4-6-15/h5,7-10,18-19,21,24H,3-4,6,11-13H2,1-2H3,(H,22,26)/t18-,19+,21-/m1/s1. The van der Waals surface area contributed by atoms with Gasteiger partial charge in [-0.25, -0.2) is 0 Å². The van der Waals surface area contributed by atoms with Crippen LogP contribution < -0.4 is 5.32 Å². The number of benzene rings is 1. The smallest absolute Gasteiger partial charge is 0.246 e. The average Bonchev–Trinajstić information content (AvgIpc) is 3.16. The van der Waals surface area contributed by atoms with E-state index in [1.807, 2.05) is 0 Å². The maximum atomic E-state index is 12.1. The lowest BCUT2D eigenvalue weighted by Crippen LogP contribution is -2.68. The molecule has 1 aliphatic carbocycles. The van der Waals surface area contributed by atoms with Gasteiger partial charge in [-0.05, 0) is 36.0 Å². The van der Waals surface area contributed by atoms with E-state index in [-0.39, 0.29) is 43.0 Å². The van der Waals surface area contributed by atoms with Gasteiger partial charge in [0.25, 0.3) is 0 Å². The minimum absolute atomic E-state index is 0.00616. The molecule has 1 saturated heterocycles. The summed E-state index contributed by atoms with van der Waals surface area (Å²) in [6, 6.07) is 7.99. The number of hydrogen-bond donors (Lipinski definition) is 2. The van der Waals surface area contributed by atoms with Crippen LogP contribution in [0.2, 0.25) is 0 Å².